The van der Waals surface area contributed by atoms with Crippen LogP contribution in [-0.4, -0.2) is 21.0 Å². The second kappa shape index (κ2) is 6.90. The molecule has 1 aromatic carbocycles. The van der Waals surface area contributed by atoms with Gasteiger partial charge in [-0.2, -0.15) is 0 Å². The van der Waals surface area contributed by atoms with Gasteiger partial charge in [0.1, 0.15) is 11.6 Å². The number of benzene rings is 1. The van der Waals surface area contributed by atoms with Gasteiger partial charge in [0.05, 0.1) is 30.6 Å². The van der Waals surface area contributed by atoms with Gasteiger partial charge in [0.2, 0.25) is 5.91 Å². The van der Waals surface area contributed by atoms with Crippen LogP contribution in [0.5, 0.6) is 0 Å². The van der Waals surface area contributed by atoms with Crippen molar-refractivity contribution in [3.05, 3.63) is 53.9 Å². The van der Waals surface area contributed by atoms with Crippen LogP contribution in [0.4, 0.5) is 10.1 Å². The lowest BCUT2D eigenvalue weighted by atomic mass is 10.1. The van der Waals surface area contributed by atoms with Gasteiger partial charge in [-0.1, -0.05) is 19.1 Å². The lowest BCUT2D eigenvalue weighted by molar-refractivity contribution is -0.118. The zero-order valence-electron chi connectivity index (χ0n) is 11.6. The molecular weight excluding hydrogens is 273 g/mol. The number of carbonyl (C=O) groups excluding carboxylic acids is 1. The number of aryl methyl sites for hydroxylation is 1. The van der Waals surface area contributed by atoms with Gasteiger partial charge in [-0.3, -0.25) is 4.79 Å². The van der Waals surface area contributed by atoms with E-state index in [2.05, 4.69) is 15.3 Å². The van der Waals surface area contributed by atoms with Crippen LogP contribution in [0.3, 0.4) is 0 Å². The fourth-order valence-corrected chi connectivity index (χ4v) is 1.82. The topological polar surface area (TPSA) is 75.1 Å². The molecule has 1 unspecified atom stereocenters. The van der Waals surface area contributed by atoms with Crippen LogP contribution in [0.2, 0.25) is 0 Å². The Morgan fingerprint density at radius 1 is 1.38 bits per heavy atom. The van der Waals surface area contributed by atoms with E-state index in [4.69, 9.17) is 0 Å². The van der Waals surface area contributed by atoms with Crippen molar-refractivity contribution >= 4 is 11.6 Å². The van der Waals surface area contributed by atoms with E-state index in [0.717, 1.165) is 0 Å². The number of aromatic nitrogens is 2. The summed E-state index contributed by atoms with van der Waals surface area (Å²) in [6.07, 6.45) is 2.51. The lowest BCUT2D eigenvalue weighted by Gasteiger charge is -2.11. The van der Waals surface area contributed by atoms with Crippen LogP contribution in [0, 0.1) is 5.82 Å². The molecule has 0 saturated heterocycles. The average molecular weight is 289 g/mol. The Balaban J connectivity index is 1.94. The van der Waals surface area contributed by atoms with Crippen LogP contribution >= 0.6 is 0 Å². The Labute approximate surface area is 121 Å². The summed E-state index contributed by atoms with van der Waals surface area (Å²) in [7, 11) is 0. The maximum absolute atomic E-state index is 13.1. The molecule has 0 aliphatic rings. The summed E-state index contributed by atoms with van der Waals surface area (Å²) in [5.74, 6) is -0.150. The molecule has 110 valence electrons. The second-order valence-corrected chi connectivity index (χ2v) is 4.56. The zero-order chi connectivity index (χ0) is 15.2. The number of nitrogens with zero attached hydrogens (tertiary/aromatic N) is 2. The number of halogens is 1. The highest BCUT2D eigenvalue weighted by molar-refractivity contribution is 5.90. The number of rotatable bonds is 5. The van der Waals surface area contributed by atoms with Crippen molar-refractivity contribution in [1.82, 2.24) is 9.97 Å². The highest BCUT2D eigenvalue weighted by Gasteiger charge is 2.14. The van der Waals surface area contributed by atoms with E-state index in [1.165, 1.54) is 30.6 Å². The number of hydrogen-bond donors (Lipinski definition) is 2. The van der Waals surface area contributed by atoms with E-state index in [1.54, 1.807) is 6.07 Å². The summed E-state index contributed by atoms with van der Waals surface area (Å²) >= 11 is 0. The minimum absolute atomic E-state index is 0.168. The van der Waals surface area contributed by atoms with Crippen molar-refractivity contribution < 1.29 is 14.3 Å². The minimum atomic E-state index is -1.06. The van der Waals surface area contributed by atoms with Crippen molar-refractivity contribution in [2.45, 2.75) is 25.9 Å². The Hall–Kier alpha value is -2.34. The summed E-state index contributed by atoms with van der Waals surface area (Å²) in [4.78, 5) is 19.9. The largest absolute Gasteiger partial charge is 0.388 e. The summed E-state index contributed by atoms with van der Waals surface area (Å²) < 4.78 is 13.1. The normalized spacial score (nSPS) is 12.0. The molecule has 1 atom stereocenters. The van der Waals surface area contributed by atoms with Crippen LogP contribution in [-0.2, 0) is 11.2 Å². The molecule has 1 heterocycles. The fourth-order valence-electron chi connectivity index (χ4n) is 1.82. The summed E-state index contributed by atoms with van der Waals surface area (Å²) in [5, 5.41) is 12.5. The highest BCUT2D eigenvalue weighted by Crippen LogP contribution is 2.18. The highest BCUT2D eigenvalue weighted by atomic mass is 19.1. The monoisotopic (exact) mass is 289 g/mol. The number of carbonyl (C=O) groups is 1. The van der Waals surface area contributed by atoms with E-state index in [-0.39, 0.29) is 12.3 Å². The van der Waals surface area contributed by atoms with Gasteiger partial charge in [0, 0.05) is 6.42 Å². The van der Waals surface area contributed by atoms with Gasteiger partial charge in [0.15, 0.2) is 0 Å². The summed E-state index contributed by atoms with van der Waals surface area (Å²) in [6.45, 7) is 1.93. The number of hydrogen-bond acceptors (Lipinski definition) is 4. The van der Waals surface area contributed by atoms with E-state index >= 15 is 0 Å². The number of aliphatic hydroxyl groups is 1. The Morgan fingerprint density at radius 2 is 2.10 bits per heavy atom. The molecular formula is C15H16FN3O2. The standard InChI is InChI=1S/C15H16FN3O2/c1-2-14-17-8-12(9-18-14)19-15(21)7-13(20)10-4-3-5-11(16)6-10/h3-6,8-9,13,20H,2,7H2,1H3,(H,19,21). The van der Waals surface area contributed by atoms with Crippen LogP contribution in [0.15, 0.2) is 36.7 Å². The van der Waals surface area contributed by atoms with Gasteiger partial charge in [-0.15, -0.1) is 0 Å². The predicted molar refractivity (Wildman–Crippen MR) is 76.0 cm³/mol. The maximum atomic E-state index is 13.1. The first kappa shape index (κ1) is 15.1. The van der Waals surface area contributed by atoms with E-state index < -0.39 is 11.9 Å². The number of amides is 1. The molecule has 0 bridgehead atoms. The SMILES string of the molecule is CCc1ncc(NC(=O)CC(O)c2cccc(F)c2)cn1. The smallest absolute Gasteiger partial charge is 0.227 e. The molecule has 0 spiro atoms. The third-order valence-electron chi connectivity index (χ3n) is 2.92. The second-order valence-electron chi connectivity index (χ2n) is 4.56. The first-order chi connectivity index (χ1) is 10.1. The molecule has 5 nitrogen and oxygen atoms in total. The summed E-state index contributed by atoms with van der Waals surface area (Å²) in [6, 6.07) is 5.54. The zero-order valence-corrected chi connectivity index (χ0v) is 11.6. The fraction of sp³-hybridized carbons (Fsp3) is 0.267. The molecule has 6 heteroatoms. The van der Waals surface area contributed by atoms with Crippen LogP contribution in [0.1, 0.15) is 30.8 Å². The maximum Gasteiger partial charge on any atom is 0.227 e. The van der Waals surface area contributed by atoms with E-state index in [9.17, 15) is 14.3 Å². The van der Waals surface area contributed by atoms with E-state index in [1.807, 2.05) is 6.92 Å². The third-order valence-corrected chi connectivity index (χ3v) is 2.92. The van der Waals surface area contributed by atoms with Crippen molar-refractivity contribution in [2.75, 3.05) is 5.32 Å². The van der Waals surface area contributed by atoms with Crippen LogP contribution in [0.25, 0.3) is 0 Å². The van der Waals surface area contributed by atoms with Crippen molar-refractivity contribution in [2.24, 2.45) is 0 Å². The molecule has 2 N–H and O–H groups in total. The molecule has 0 saturated carbocycles. The van der Waals surface area contributed by atoms with Gasteiger partial charge in [-0.05, 0) is 17.7 Å². The first-order valence-corrected chi connectivity index (χ1v) is 6.62. The molecule has 1 amide bonds. The lowest BCUT2D eigenvalue weighted by Crippen LogP contribution is -2.16. The molecule has 0 aliphatic carbocycles. The molecule has 21 heavy (non-hydrogen) atoms. The molecule has 0 radical (unpaired) electrons. The van der Waals surface area contributed by atoms with Crippen molar-refractivity contribution in [3.8, 4) is 0 Å². The quantitative estimate of drug-likeness (QED) is 0.885. The average Bonchev–Trinajstić information content (AvgIpc) is 2.48. The van der Waals surface area contributed by atoms with Gasteiger partial charge >= 0.3 is 0 Å². The predicted octanol–water partition coefficient (Wildman–Crippen LogP) is 2.24. The van der Waals surface area contributed by atoms with Crippen molar-refractivity contribution in [3.63, 3.8) is 0 Å². The molecule has 0 aliphatic heterocycles. The van der Waals surface area contributed by atoms with Crippen LogP contribution < -0.4 is 5.32 Å². The van der Waals surface area contributed by atoms with Gasteiger partial charge in [-0.25, -0.2) is 14.4 Å². The molecule has 0 fully saturated rings. The molecule has 2 rings (SSSR count). The van der Waals surface area contributed by atoms with Crippen molar-refractivity contribution in [1.29, 1.82) is 0 Å². The van der Waals surface area contributed by atoms with Gasteiger partial charge in [0.25, 0.3) is 0 Å². The third kappa shape index (κ3) is 4.32. The Bertz CT molecular complexity index is 617. The number of anilines is 1. The number of nitrogens with one attached hydrogen (secondary N) is 1. The Morgan fingerprint density at radius 3 is 2.71 bits per heavy atom. The van der Waals surface area contributed by atoms with Gasteiger partial charge < -0.3 is 10.4 Å². The number of aliphatic hydroxyl groups excluding tert-OH is 1. The summed E-state index contributed by atoms with van der Waals surface area (Å²) in [5.41, 5.74) is 0.825. The molecule has 1 aromatic heterocycles. The molecule has 2 aromatic rings. The Kier molecular flexibility index (Phi) is 4.94. The minimum Gasteiger partial charge on any atom is -0.388 e. The first-order valence-electron chi connectivity index (χ1n) is 6.62. The van der Waals surface area contributed by atoms with E-state index in [0.29, 0.717) is 23.5 Å².